The van der Waals surface area contributed by atoms with Crippen LogP contribution in [0.15, 0.2) is 0 Å². The molecule has 5 N–H and O–H groups in total. The van der Waals surface area contributed by atoms with Crippen LogP contribution in [-0.4, -0.2) is 45.7 Å². The first-order valence-corrected chi connectivity index (χ1v) is 6.62. The lowest BCUT2D eigenvalue weighted by atomic mass is 10.0. The zero-order valence-corrected chi connectivity index (χ0v) is 10.3. The molecule has 0 spiro atoms. The van der Waals surface area contributed by atoms with Crippen molar-refractivity contribution in [3.05, 3.63) is 0 Å². The van der Waals surface area contributed by atoms with Crippen molar-refractivity contribution in [2.45, 2.75) is 43.0 Å². The van der Waals surface area contributed by atoms with Crippen molar-refractivity contribution >= 4 is 23.8 Å². The fraction of sp³-hybridized carbons (Fsp3) is 0.800. The molecule has 2 rings (SSSR count). The summed E-state index contributed by atoms with van der Waals surface area (Å²) in [6, 6.07) is 0.440. The third-order valence-corrected chi connectivity index (χ3v) is 4.58. The van der Waals surface area contributed by atoms with Crippen LogP contribution >= 0.6 is 11.8 Å². The van der Waals surface area contributed by atoms with Gasteiger partial charge in [-0.2, -0.15) is 11.8 Å². The molecule has 2 saturated heterocycles. The largest absolute Gasteiger partial charge is 0.481 e. The summed E-state index contributed by atoms with van der Waals surface area (Å²) in [7, 11) is 0. The second-order valence-corrected chi connectivity index (χ2v) is 5.53. The average Bonchev–Trinajstić information content (AvgIpc) is 2.72. The molecule has 0 radical (unpaired) electrons. The first-order valence-electron chi connectivity index (χ1n) is 5.57. The number of amides is 2. The lowest BCUT2D eigenvalue weighted by molar-refractivity contribution is -0.137. The molecule has 3 atom stereocenters. The number of nitrogens with one attached hydrogen (secondary N) is 2. The highest BCUT2D eigenvalue weighted by molar-refractivity contribution is 8.00. The zero-order chi connectivity index (χ0) is 11.5. The molecule has 2 fully saturated rings. The van der Waals surface area contributed by atoms with Gasteiger partial charge in [0, 0.05) is 17.4 Å². The van der Waals surface area contributed by atoms with Crippen LogP contribution in [0.1, 0.15) is 25.7 Å². The molecule has 2 aliphatic heterocycles. The maximum absolute atomic E-state index is 11.1. The molecule has 2 aliphatic rings. The number of carbonyl (C=O) groups is 2. The van der Waals surface area contributed by atoms with E-state index in [-0.39, 0.29) is 30.0 Å². The van der Waals surface area contributed by atoms with Gasteiger partial charge in [-0.15, -0.1) is 0 Å². The van der Waals surface area contributed by atoms with Gasteiger partial charge in [-0.1, -0.05) is 6.42 Å². The van der Waals surface area contributed by atoms with E-state index in [0.717, 1.165) is 25.0 Å². The van der Waals surface area contributed by atoms with Gasteiger partial charge in [0.15, 0.2) is 0 Å². The number of urea groups is 1. The Morgan fingerprint density at radius 1 is 1.41 bits per heavy atom. The molecule has 6 nitrogen and oxygen atoms in total. The van der Waals surface area contributed by atoms with E-state index in [1.54, 1.807) is 0 Å². The standard InChI is InChI=1S/C10H16N2O3S.H2O/c13-8(14)4-2-1-3-7-9-6(5-16-7)11-10(15)12-9;/h6-7,9H,1-5H2,(H,13,14)(H2,11,12,15);1H2/t6-,7-,9-;/m1./s1. The van der Waals surface area contributed by atoms with Crippen LogP contribution < -0.4 is 10.6 Å². The van der Waals surface area contributed by atoms with Crippen LogP contribution in [0.25, 0.3) is 0 Å². The Hall–Kier alpha value is -0.950. The zero-order valence-electron chi connectivity index (χ0n) is 9.44. The van der Waals surface area contributed by atoms with Crippen LogP contribution in [0.3, 0.4) is 0 Å². The normalized spacial score (nSPS) is 30.1. The number of hydrogen-bond acceptors (Lipinski definition) is 3. The van der Waals surface area contributed by atoms with Crippen molar-refractivity contribution in [3.63, 3.8) is 0 Å². The molecule has 0 bridgehead atoms. The molecule has 0 aromatic heterocycles. The van der Waals surface area contributed by atoms with Crippen LogP contribution in [0.4, 0.5) is 4.79 Å². The van der Waals surface area contributed by atoms with E-state index in [9.17, 15) is 9.59 Å². The van der Waals surface area contributed by atoms with E-state index < -0.39 is 5.97 Å². The minimum absolute atomic E-state index is 0. The number of carboxylic acid groups (broad SMARTS) is 1. The van der Waals surface area contributed by atoms with Gasteiger partial charge in [0.05, 0.1) is 12.1 Å². The molecule has 98 valence electrons. The molecule has 0 aromatic rings. The van der Waals surface area contributed by atoms with Crippen molar-refractivity contribution < 1.29 is 20.2 Å². The molecule has 17 heavy (non-hydrogen) atoms. The lowest BCUT2D eigenvalue weighted by Gasteiger charge is -2.16. The van der Waals surface area contributed by atoms with Gasteiger partial charge in [0.2, 0.25) is 0 Å². The molecular weight excluding hydrogens is 244 g/mol. The number of fused-ring (bicyclic) bond motifs is 1. The molecular formula is C10H18N2O4S. The summed E-state index contributed by atoms with van der Waals surface area (Å²) in [5, 5.41) is 14.8. The second kappa shape index (κ2) is 6.11. The van der Waals surface area contributed by atoms with E-state index in [4.69, 9.17) is 5.11 Å². The summed E-state index contributed by atoms with van der Waals surface area (Å²) >= 11 is 1.87. The third-order valence-electron chi connectivity index (χ3n) is 3.07. The van der Waals surface area contributed by atoms with E-state index in [1.807, 2.05) is 11.8 Å². The van der Waals surface area contributed by atoms with Gasteiger partial charge in [-0.25, -0.2) is 4.79 Å². The molecule has 2 heterocycles. The van der Waals surface area contributed by atoms with Crippen molar-refractivity contribution in [1.82, 2.24) is 10.6 Å². The molecule has 0 aliphatic carbocycles. The first-order chi connectivity index (χ1) is 7.66. The summed E-state index contributed by atoms with van der Waals surface area (Å²) in [6.07, 6.45) is 2.88. The molecule has 0 saturated carbocycles. The topological polar surface area (TPSA) is 110 Å². The Morgan fingerprint density at radius 3 is 2.88 bits per heavy atom. The molecule has 7 heteroatoms. The highest BCUT2D eigenvalue weighted by Crippen LogP contribution is 2.33. The lowest BCUT2D eigenvalue weighted by Crippen LogP contribution is -2.36. The van der Waals surface area contributed by atoms with Crippen molar-refractivity contribution in [3.8, 4) is 0 Å². The van der Waals surface area contributed by atoms with Crippen molar-refractivity contribution in [2.75, 3.05) is 5.75 Å². The van der Waals surface area contributed by atoms with E-state index in [2.05, 4.69) is 10.6 Å². The monoisotopic (exact) mass is 262 g/mol. The summed E-state index contributed by atoms with van der Waals surface area (Å²) in [5.74, 6) is 0.236. The quantitative estimate of drug-likeness (QED) is 0.477. The Labute approximate surface area is 104 Å². The summed E-state index contributed by atoms with van der Waals surface area (Å²) in [5.41, 5.74) is 0. The molecule has 0 unspecified atom stereocenters. The van der Waals surface area contributed by atoms with Crippen LogP contribution in [-0.2, 0) is 4.79 Å². The first kappa shape index (κ1) is 14.1. The van der Waals surface area contributed by atoms with Crippen molar-refractivity contribution in [2.24, 2.45) is 0 Å². The van der Waals surface area contributed by atoms with Crippen LogP contribution in [0.5, 0.6) is 0 Å². The van der Waals surface area contributed by atoms with E-state index >= 15 is 0 Å². The average molecular weight is 262 g/mol. The van der Waals surface area contributed by atoms with Crippen LogP contribution in [0.2, 0.25) is 0 Å². The number of carbonyl (C=O) groups excluding carboxylic acids is 1. The predicted octanol–water partition coefficient (Wildman–Crippen LogP) is -0.0279. The second-order valence-electron chi connectivity index (χ2n) is 4.26. The highest BCUT2D eigenvalue weighted by Gasteiger charge is 2.42. The van der Waals surface area contributed by atoms with Gasteiger partial charge < -0.3 is 21.2 Å². The van der Waals surface area contributed by atoms with Crippen LogP contribution in [0, 0.1) is 0 Å². The number of unbranched alkanes of at least 4 members (excludes halogenated alkanes) is 1. The van der Waals surface area contributed by atoms with Gasteiger partial charge in [0.1, 0.15) is 0 Å². The Morgan fingerprint density at radius 2 is 2.18 bits per heavy atom. The fourth-order valence-electron chi connectivity index (χ4n) is 2.26. The van der Waals surface area contributed by atoms with Crippen molar-refractivity contribution in [1.29, 1.82) is 0 Å². The minimum Gasteiger partial charge on any atom is -0.481 e. The van der Waals surface area contributed by atoms with Gasteiger partial charge in [0.25, 0.3) is 0 Å². The number of thioether (sulfide) groups is 1. The van der Waals surface area contributed by atoms with Gasteiger partial charge in [-0.3, -0.25) is 4.79 Å². The van der Waals surface area contributed by atoms with E-state index in [0.29, 0.717) is 5.25 Å². The Kier molecular flexibility index (Phi) is 5.07. The molecule has 2 amide bonds. The third kappa shape index (κ3) is 3.50. The van der Waals surface area contributed by atoms with Gasteiger partial charge in [-0.05, 0) is 12.8 Å². The van der Waals surface area contributed by atoms with Gasteiger partial charge >= 0.3 is 12.0 Å². The summed E-state index contributed by atoms with van der Waals surface area (Å²) in [4.78, 5) is 21.5. The number of carboxylic acids is 1. The number of hydrogen-bond donors (Lipinski definition) is 3. The SMILES string of the molecule is O.O=C(O)CCCC[C@H]1SC[C@H]2NC(=O)N[C@H]21. The van der Waals surface area contributed by atoms with E-state index in [1.165, 1.54) is 0 Å². The Bertz CT molecular complexity index is 300. The summed E-state index contributed by atoms with van der Waals surface area (Å²) in [6.45, 7) is 0. The fourth-order valence-corrected chi connectivity index (χ4v) is 3.81. The number of aliphatic carboxylic acids is 1. The maximum atomic E-state index is 11.1. The Balaban J connectivity index is 0.00000144. The summed E-state index contributed by atoms with van der Waals surface area (Å²) < 4.78 is 0. The minimum atomic E-state index is -0.729. The smallest absolute Gasteiger partial charge is 0.315 e. The number of rotatable bonds is 5. The molecule has 0 aromatic carbocycles. The highest BCUT2D eigenvalue weighted by atomic mass is 32.2. The maximum Gasteiger partial charge on any atom is 0.315 e. The predicted molar refractivity (Wildman–Crippen MR) is 65.2 cm³/mol.